The Morgan fingerprint density at radius 2 is 1.86 bits per heavy atom. The first kappa shape index (κ1) is 20.4. The molecule has 0 saturated carbocycles. The molecule has 0 bridgehead atoms. The van der Waals surface area contributed by atoms with Gasteiger partial charge in [-0.2, -0.15) is 0 Å². The van der Waals surface area contributed by atoms with E-state index in [1.165, 1.54) is 11.1 Å². The number of hydrogen-bond acceptors (Lipinski definition) is 3. The molecule has 1 N–H and O–H groups in total. The SMILES string of the molecule is CN(CC1CCN(Cc2ccccc2)C1)C(=O)C1(Cc2ccc(Cl)cc2)CNC1. The molecule has 2 aliphatic heterocycles. The maximum absolute atomic E-state index is 13.3. The summed E-state index contributed by atoms with van der Waals surface area (Å²) in [4.78, 5) is 17.8. The van der Waals surface area contributed by atoms with Crippen LogP contribution in [0.25, 0.3) is 0 Å². The van der Waals surface area contributed by atoms with Gasteiger partial charge in [-0.3, -0.25) is 9.69 Å². The number of nitrogens with one attached hydrogen (secondary N) is 1. The molecule has 4 rings (SSSR count). The minimum atomic E-state index is -0.315. The van der Waals surface area contributed by atoms with E-state index in [0.29, 0.717) is 5.92 Å². The van der Waals surface area contributed by atoms with Crippen LogP contribution in [-0.2, 0) is 17.8 Å². The van der Waals surface area contributed by atoms with Crippen molar-refractivity contribution in [1.29, 1.82) is 0 Å². The first-order valence-electron chi connectivity index (χ1n) is 10.5. The molecule has 5 heteroatoms. The third-order valence-corrected chi connectivity index (χ3v) is 6.59. The molecule has 2 fully saturated rings. The van der Waals surface area contributed by atoms with Crippen molar-refractivity contribution in [2.45, 2.75) is 19.4 Å². The molecule has 2 aromatic carbocycles. The Morgan fingerprint density at radius 1 is 1.14 bits per heavy atom. The van der Waals surface area contributed by atoms with E-state index in [1.807, 2.05) is 36.2 Å². The van der Waals surface area contributed by atoms with Crippen molar-refractivity contribution < 1.29 is 4.79 Å². The zero-order chi connectivity index (χ0) is 20.3. The minimum Gasteiger partial charge on any atom is -0.345 e. The van der Waals surface area contributed by atoms with Crippen LogP contribution in [-0.4, -0.2) is 55.5 Å². The summed E-state index contributed by atoms with van der Waals surface area (Å²) >= 11 is 6.01. The van der Waals surface area contributed by atoms with Gasteiger partial charge in [0.05, 0.1) is 5.41 Å². The third kappa shape index (κ3) is 4.82. The smallest absolute Gasteiger partial charge is 0.231 e. The number of rotatable bonds is 7. The first-order chi connectivity index (χ1) is 14.0. The predicted octanol–water partition coefficient (Wildman–Crippen LogP) is 3.45. The molecule has 2 saturated heterocycles. The summed E-state index contributed by atoms with van der Waals surface area (Å²) in [5.41, 5.74) is 2.22. The summed E-state index contributed by atoms with van der Waals surface area (Å²) in [5.74, 6) is 0.820. The average molecular weight is 412 g/mol. The van der Waals surface area contributed by atoms with Crippen LogP contribution >= 0.6 is 11.6 Å². The average Bonchev–Trinajstić information content (AvgIpc) is 3.13. The molecule has 29 heavy (non-hydrogen) atoms. The van der Waals surface area contributed by atoms with Gasteiger partial charge in [-0.05, 0) is 48.6 Å². The Bertz CT molecular complexity index is 820. The monoisotopic (exact) mass is 411 g/mol. The number of hydrogen-bond donors (Lipinski definition) is 1. The molecule has 1 amide bonds. The van der Waals surface area contributed by atoms with Crippen LogP contribution in [0.5, 0.6) is 0 Å². The maximum atomic E-state index is 13.3. The lowest BCUT2D eigenvalue weighted by Gasteiger charge is -2.44. The van der Waals surface area contributed by atoms with Crippen LogP contribution < -0.4 is 5.32 Å². The van der Waals surface area contributed by atoms with Crippen molar-refractivity contribution in [1.82, 2.24) is 15.1 Å². The van der Waals surface area contributed by atoms with Gasteiger partial charge in [0.2, 0.25) is 5.91 Å². The Labute approximate surface area is 178 Å². The van der Waals surface area contributed by atoms with Gasteiger partial charge < -0.3 is 10.2 Å². The van der Waals surface area contributed by atoms with Gasteiger partial charge in [-0.1, -0.05) is 54.1 Å². The fourth-order valence-corrected chi connectivity index (χ4v) is 4.82. The second-order valence-corrected chi connectivity index (χ2v) is 9.18. The third-order valence-electron chi connectivity index (χ3n) is 6.33. The van der Waals surface area contributed by atoms with Gasteiger partial charge >= 0.3 is 0 Å². The van der Waals surface area contributed by atoms with Crippen LogP contribution in [0, 0.1) is 11.3 Å². The Morgan fingerprint density at radius 3 is 2.52 bits per heavy atom. The molecular weight excluding hydrogens is 382 g/mol. The Balaban J connectivity index is 1.32. The van der Waals surface area contributed by atoms with E-state index in [9.17, 15) is 4.79 Å². The van der Waals surface area contributed by atoms with Crippen LogP contribution in [0.2, 0.25) is 5.02 Å². The molecule has 154 valence electrons. The molecular formula is C24H30ClN3O. The number of benzene rings is 2. The van der Waals surface area contributed by atoms with E-state index >= 15 is 0 Å². The zero-order valence-electron chi connectivity index (χ0n) is 17.1. The van der Waals surface area contributed by atoms with E-state index in [1.54, 1.807) is 0 Å². The highest BCUT2D eigenvalue weighted by Gasteiger charge is 2.46. The summed E-state index contributed by atoms with van der Waals surface area (Å²) in [6.07, 6.45) is 1.93. The minimum absolute atomic E-state index is 0.271. The molecule has 0 spiro atoms. The largest absolute Gasteiger partial charge is 0.345 e. The standard InChI is InChI=1S/C24H30ClN3O/c1-27(14-21-11-12-28(16-21)15-20-5-3-2-4-6-20)23(29)24(17-26-18-24)13-19-7-9-22(25)10-8-19/h2-10,21,26H,11-18H2,1H3. The Hall–Kier alpha value is -1.88. The summed E-state index contributed by atoms with van der Waals surface area (Å²) < 4.78 is 0. The van der Waals surface area contributed by atoms with Gasteiger partial charge in [0, 0.05) is 44.8 Å². The van der Waals surface area contributed by atoms with Gasteiger partial charge in [-0.15, -0.1) is 0 Å². The fraction of sp³-hybridized carbons (Fsp3) is 0.458. The highest BCUT2D eigenvalue weighted by Crippen LogP contribution is 2.31. The normalized spacial score (nSPS) is 21.0. The van der Waals surface area contributed by atoms with E-state index in [0.717, 1.165) is 57.1 Å². The van der Waals surface area contributed by atoms with Crippen molar-refractivity contribution in [3.05, 3.63) is 70.7 Å². The molecule has 0 aromatic heterocycles. The first-order valence-corrected chi connectivity index (χ1v) is 10.9. The van der Waals surface area contributed by atoms with Crippen LogP contribution in [0.3, 0.4) is 0 Å². The highest BCUT2D eigenvalue weighted by atomic mass is 35.5. The molecule has 1 unspecified atom stereocenters. The fourth-order valence-electron chi connectivity index (χ4n) is 4.69. The van der Waals surface area contributed by atoms with Gasteiger partial charge in [-0.25, -0.2) is 0 Å². The number of carbonyl (C=O) groups is 1. The molecule has 2 aromatic rings. The van der Waals surface area contributed by atoms with Crippen molar-refractivity contribution >= 4 is 17.5 Å². The molecule has 4 nitrogen and oxygen atoms in total. The lowest BCUT2D eigenvalue weighted by Crippen LogP contribution is -2.63. The predicted molar refractivity (Wildman–Crippen MR) is 118 cm³/mol. The summed E-state index contributed by atoms with van der Waals surface area (Å²) in [6, 6.07) is 18.5. The number of likely N-dealkylation sites (tertiary alicyclic amines) is 1. The zero-order valence-corrected chi connectivity index (χ0v) is 17.9. The van der Waals surface area contributed by atoms with Crippen molar-refractivity contribution in [2.75, 3.05) is 39.8 Å². The van der Waals surface area contributed by atoms with Gasteiger partial charge in [0.15, 0.2) is 0 Å². The topological polar surface area (TPSA) is 35.6 Å². The van der Waals surface area contributed by atoms with Crippen LogP contribution in [0.15, 0.2) is 54.6 Å². The van der Waals surface area contributed by atoms with E-state index in [-0.39, 0.29) is 11.3 Å². The van der Waals surface area contributed by atoms with Crippen molar-refractivity contribution in [3.63, 3.8) is 0 Å². The Kier molecular flexibility index (Phi) is 6.23. The van der Waals surface area contributed by atoms with Crippen LogP contribution in [0.4, 0.5) is 0 Å². The summed E-state index contributed by atoms with van der Waals surface area (Å²) in [6.45, 7) is 5.52. The maximum Gasteiger partial charge on any atom is 0.231 e. The lowest BCUT2D eigenvalue weighted by molar-refractivity contribution is -0.144. The summed E-state index contributed by atoms with van der Waals surface area (Å²) in [7, 11) is 1.98. The summed E-state index contributed by atoms with van der Waals surface area (Å²) in [5, 5.41) is 4.05. The van der Waals surface area contributed by atoms with Gasteiger partial charge in [0.25, 0.3) is 0 Å². The number of amides is 1. The van der Waals surface area contributed by atoms with E-state index < -0.39 is 0 Å². The number of nitrogens with zero attached hydrogens (tertiary/aromatic N) is 2. The molecule has 1 atom stereocenters. The molecule has 0 radical (unpaired) electrons. The quantitative estimate of drug-likeness (QED) is 0.757. The van der Waals surface area contributed by atoms with Gasteiger partial charge in [0.1, 0.15) is 0 Å². The van der Waals surface area contributed by atoms with E-state index in [2.05, 4.69) is 40.5 Å². The van der Waals surface area contributed by atoms with Crippen molar-refractivity contribution in [2.24, 2.45) is 11.3 Å². The highest BCUT2D eigenvalue weighted by molar-refractivity contribution is 6.30. The molecule has 0 aliphatic carbocycles. The van der Waals surface area contributed by atoms with Crippen molar-refractivity contribution in [3.8, 4) is 0 Å². The van der Waals surface area contributed by atoms with Crippen LogP contribution in [0.1, 0.15) is 17.5 Å². The number of halogens is 1. The second kappa shape index (κ2) is 8.86. The molecule has 2 heterocycles. The number of carbonyl (C=O) groups excluding carboxylic acids is 1. The van der Waals surface area contributed by atoms with E-state index in [4.69, 9.17) is 11.6 Å². The lowest BCUT2D eigenvalue weighted by atomic mass is 9.75. The second-order valence-electron chi connectivity index (χ2n) is 8.75. The molecule has 2 aliphatic rings.